The monoisotopic (exact) mass is 238 g/mol. The minimum absolute atomic E-state index is 0.0209. The SMILES string of the molecule is CCC1CCC(C)N1C(C(C)N)C(F)(F)F. The van der Waals surface area contributed by atoms with E-state index in [0.29, 0.717) is 0 Å². The number of nitrogens with zero attached hydrogens (tertiary/aromatic N) is 1. The van der Waals surface area contributed by atoms with Gasteiger partial charge in [0.2, 0.25) is 0 Å². The zero-order valence-corrected chi connectivity index (χ0v) is 10.1. The van der Waals surface area contributed by atoms with Crippen LogP contribution in [0.5, 0.6) is 0 Å². The first-order valence-corrected chi connectivity index (χ1v) is 5.88. The van der Waals surface area contributed by atoms with Gasteiger partial charge >= 0.3 is 6.18 Å². The molecule has 1 fully saturated rings. The minimum atomic E-state index is -4.24. The van der Waals surface area contributed by atoms with Gasteiger partial charge in [-0.05, 0) is 33.1 Å². The number of halogens is 3. The van der Waals surface area contributed by atoms with Crippen LogP contribution in [0.3, 0.4) is 0 Å². The summed E-state index contributed by atoms with van der Waals surface area (Å²) in [4.78, 5) is 1.57. The Hall–Kier alpha value is -0.290. The van der Waals surface area contributed by atoms with Crippen molar-refractivity contribution in [3.8, 4) is 0 Å². The topological polar surface area (TPSA) is 29.3 Å². The van der Waals surface area contributed by atoms with Crippen molar-refractivity contribution in [3.05, 3.63) is 0 Å². The van der Waals surface area contributed by atoms with Crippen molar-refractivity contribution < 1.29 is 13.2 Å². The van der Waals surface area contributed by atoms with Crippen molar-refractivity contribution >= 4 is 0 Å². The first-order valence-electron chi connectivity index (χ1n) is 5.88. The van der Waals surface area contributed by atoms with Gasteiger partial charge in [0.1, 0.15) is 6.04 Å². The minimum Gasteiger partial charge on any atom is -0.326 e. The third-order valence-electron chi connectivity index (χ3n) is 3.47. The lowest BCUT2D eigenvalue weighted by Crippen LogP contribution is -2.58. The molecule has 1 rings (SSSR count). The lowest BCUT2D eigenvalue weighted by molar-refractivity contribution is -0.195. The summed E-state index contributed by atoms with van der Waals surface area (Å²) in [5, 5.41) is 0. The molecule has 2 N–H and O–H groups in total. The van der Waals surface area contributed by atoms with Crippen LogP contribution in [0.1, 0.15) is 40.0 Å². The van der Waals surface area contributed by atoms with Crippen LogP contribution in [0.2, 0.25) is 0 Å². The van der Waals surface area contributed by atoms with E-state index in [4.69, 9.17) is 5.73 Å². The second kappa shape index (κ2) is 4.92. The molecule has 0 aliphatic carbocycles. The van der Waals surface area contributed by atoms with E-state index in [1.807, 2.05) is 13.8 Å². The number of hydrogen-bond donors (Lipinski definition) is 1. The molecule has 4 unspecified atom stereocenters. The van der Waals surface area contributed by atoms with E-state index in [0.717, 1.165) is 19.3 Å². The molecule has 0 spiro atoms. The van der Waals surface area contributed by atoms with E-state index in [1.54, 1.807) is 4.90 Å². The number of alkyl halides is 3. The molecule has 4 atom stereocenters. The van der Waals surface area contributed by atoms with Crippen LogP contribution >= 0.6 is 0 Å². The van der Waals surface area contributed by atoms with Crippen LogP contribution in [0, 0.1) is 0 Å². The third kappa shape index (κ3) is 2.69. The zero-order chi connectivity index (χ0) is 12.5. The molecule has 2 nitrogen and oxygen atoms in total. The van der Waals surface area contributed by atoms with Crippen molar-refractivity contribution in [1.29, 1.82) is 0 Å². The first kappa shape index (κ1) is 13.8. The average Bonchev–Trinajstić information content (AvgIpc) is 2.45. The lowest BCUT2D eigenvalue weighted by atomic mass is 10.1. The van der Waals surface area contributed by atoms with Gasteiger partial charge in [0.05, 0.1) is 0 Å². The zero-order valence-electron chi connectivity index (χ0n) is 10.1. The van der Waals surface area contributed by atoms with E-state index < -0.39 is 18.3 Å². The number of hydrogen-bond acceptors (Lipinski definition) is 2. The Morgan fingerprint density at radius 2 is 1.94 bits per heavy atom. The number of likely N-dealkylation sites (tertiary alicyclic amines) is 1. The Kier molecular flexibility index (Phi) is 4.23. The smallest absolute Gasteiger partial charge is 0.326 e. The molecule has 16 heavy (non-hydrogen) atoms. The summed E-state index contributed by atoms with van der Waals surface area (Å²) >= 11 is 0. The van der Waals surface area contributed by atoms with Crippen molar-refractivity contribution in [3.63, 3.8) is 0 Å². The van der Waals surface area contributed by atoms with E-state index in [-0.39, 0.29) is 12.1 Å². The van der Waals surface area contributed by atoms with Crippen molar-refractivity contribution in [2.75, 3.05) is 0 Å². The standard InChI is InChI=1S/C11H21F3N2/c1-4-9-6-5-7(2)16(9)10(8(3)15)11(12,13)14/h7-10H,4-6,15H2,1-3H3. The molecule has 0 aromatic rings. The molecule has 0 radical (unpaired) electrons. The summed E-state index contributed by atoms with van der Waals surface area (Å²) in [5.74, 6) is 0. The summed E-state index contributed by atoms with van der Waals surface area (Å²) in [5.41, 5.74) is 5.52. The van der Waals surface area contributed by atoms with Gasteiger partial charge in [0.15, 0.2) is 0 Å². The Morgan fingerprint density at radius 1 is 1.38 bits per heavy atom. The maximum Gasteiger partial charge on any atom is 0.405 e. The quantitative estimate of drug-likeness (QED) is 0.818. The number of nitrogens with two attached hydrogens (primary N) is 1. The maximum atomic E-state index is 13.0. The highest BCUT2D eigenvalue weighted by atomic mass is 19.4. The summed E-state index contributed by atoms with van der Waals surface area (Å²) in [6.07, 6.45) is -1.81. The Balaban J connectivity index is 2.92. The fourth-order valence-electron chi connectivity index (χ4n) is 2.75. The molecule has 1 heterocycles. The molecule has 0 bridgehead atoms. The first-order chi connectivity index (χ1) is 7.29. The fourth-order valence-corrected chi connectivity index (χ4v) is 2.75. The van der Waals surface area contributed by atoms with Crippen LogP contribution in [0.15, 0.2) is 0 Å². The highest BCUT2D eigenvalue weighted by Crippen LogP contribution is 2.36. The fraction of sp³-hybridized carbons (Fsp3) is 1.00. The van der Waals surface area contributed by atoms with Crippen LogP contribution in [-0.4, -0.2) is 35.2 Å². The summed E-state index contributed by atoms with van der Waals surface area (Å²) < 4.78 is 39.0. The molecular weight excluding hydrogens is 217 g/mol. The van der Waals surface area contributed by atoms with Gasteiger partial charge in [-0.15, -0.1) is 0 Å². The summed E-state index contributed by atoms with van der Waals surface area (Å²) in [6, 6.07) is -2.39. The predicted octanol–water partition coefficient (Wildman–Crippen LogP) is 2.53. The largest absolute Gasteiger partial charge is 0.405 e. The van der Waals surface area contributed by atoms with Crippen molar-refractivity contribution in [1.82, 2.24) is 4.90 Å². The average molecular weight is 238 g/mol. The van der Waals surface area contributed by atoms with Crippen LogP contribution in [0.4, 0.5) is 13.2 Å². The van der Waals surface area contributed by atoms with E-state index in [1.165, 1.54) is 6.92 Å². The molecule has 96 valence electrons. The van der Waals surface area contributed by atoms with Crippen LogP contribution in [-0.2, 0) is 0 Å². The predicted molar refractivity (Wildman–Crippen MR) is 58.1 cm³/mol. The van der Waals surface area contributed by atoms with Crippen LogP contribution < -0.4 is 5.73 Å². The van der Waals surface area contributed by atoms with E-state index >= 15 is 0 Å². The Bertz CT molecular complexity index is 228. The van der Waals surface area contributed by atoms with Gasteiger partial charge in [-0.2, -0.15) is 13.2 Å². The summed E-state index contributed by atoms with van der Waals surface area (Å²) in [7, 11) is 0. The molecule has 1 aliphatic heterocycles. The molecule has 5 heteroatoms. The molecule has 0 aromatic heterocycles. The van der Waals surface area contributed by atoms with Crippen LogP contribution in [0.25, 0.3) is 0 Å². The van der Waals surface area contributed by atoms with Gasteiger partial charge in [0.25, 0.3) is 0 Å². The number of rotatable bonds is 3. The molecule has 0 saturated carbocycles. The second-order valence-corrected chi connectivity index (χ2v) is 4.78. The molecule has 0 amide bonds. The third-order valence-corrected chi connectivity index (χ3v) is 3.47. The van der Waals surface area contributed by atoms with Crippen molar-refractivity contribution in [2.24, 2.45) is 5.73 Å². The highest BCUT2D eigenvalue weighted by molar-refractivity contribution is 4.95. The Morgan fingerprint density at radius 3 is 2.31 bits per heavy atom. The second-order valence-electron chi connectivity index (χ2n) is 4.78. The molecular formula is C11H21F3N2. The van der Waals surface area contributed by atoms with Gasteiger partial charge in [0, 0.05) is 18.1 Å². The Labute approximate surface area is 95.0 Å². The van der Waals surface area contributed by atoms with Gasteiger partial charge in [-0.1, -0.05) is 6.92 Å². The molecule has 0 aromatic carbocycles. The van der Waals surface area contributed by atoms with Gasteiger partial charge in [-0.3, -0.25) is 4.90 Å². The molecule has 1 saturated heterocycles. The normalized spacial score (nSPS) is 31.7. The summed E-state index contributed by atoms with van der Waals surface area (Å²) in [6.45, 7) is 5.23. The highest BCUT2D eigenvalue weighted by Gasteiger charge is 2.50. The maximum absolute atomic E-state index is 13.0. The van der Waals surface area contributed by atoms with E-state index in [9.17, 15) is 13.2 Å². The molecule has 1 aliphatic rings. The lowest BCUT2D eigenvalue weighted by Gasteiger charge is -2.39. The van der Waals surface area contributed by atoms with Crippen molar-refractivity contribution in [2.45, 2.75) is 70.4 Å². The van der Waals surface area contributed by atoms with Gasteiger partial charge < -0.3 is 5.73 Å². The van der Waals surface area contributed by atoms with Gasteiger partial charge in [-0.25, -0.2) is 0 Å². The van der Waals surface area contributed by atoms with E-state index in [2.05, 4.69) is 0 Å².